The van der Waals surface area contributed by atoms with Gasteiger partial charge in [-0.2, -0.15) is 0 Å². The second kappa shape index (κ2) is 8.97. The van der Waals surface area contributed by atoms with Crippen LogP contribution in [0.4, 0.5) is 0 Å². The van der Waals surface area contributed by atoms with Crippen LogP contribution in [0.1, 0.15) is 40.5 Å². The Kier molecular flexibility index (Phi) is 6.60. The Balaban J connectivity index is 1.79. The number of fused-ring (bicyclic) bond motifs is 1. The summed E-state index contributed by atoms with van der Waals surface area (Å²) in [6, 6.07) is 7.22. The smallest absolute Gasteiger partial charge is 0.355 e. The lowest BCUT2D eigenvalue weighted by Crippen LogP contribution is -2.09. The topological polar surface area (TPSA) is 71.6 Å². The molecular formula is C22H23Cl2NO4. The van der Waals surface area contributed by atoms with E-state index in [1.165, 1.54) is 0 Å². The number of halogens is 2. The molecule has 0 unspecified atom stereocenters. The number of carbonyl (C=O) groups is 1. The van der Waals surface area contributed by atoms with Crippen molar-refractivity contribution in [1.29, 1.82) is 0 Å². The van der Waals surface area contributed by atoms with Crippen molar-refractivity contribution in [2.45, 2.75) is 33.6 Å². The molecule has 2 N–H and O–H groups in total. The maximum atomic E-state index is 12.4. The van der Waals surface area contributed by atoms with Gasteiger partial charge >= 0.3 is 5.97 Å². The molecule has 0 fully saturated rings. The van der Waals surface area contributed by atoms with Gasteiger partial charge in [-0.25, -0.2) is 4.79 Å². The van der Waals surface area contributed by atoms with E-state index >= 15 is 0 Å². The average molecular weight is 436 g/mol. The molecule has 3 rings (SSSR count). The van der Waals surface area contributed by atoms with Crippen LogP contribution in [0.5, 0.6) is 11.5 Å². The minimum atomic E-state index is -0.459. The van der Waals surface area contributed by atoms with Gasteiger partial charge in [0.2, 0.25) is 0 Å². The van der Waals surface area contributed by atoms with Crippen molar-refractivity contribution in [2.24, 2.45) is 0 Å². The van der Waals surface area contributed by atoms with Gasteiger partial charge in [0, 0.05) is 10.4 Å². The first-order valence-corrected chi connectivity index (χ1v) is 10.2. The number of aromatic nitrogens is 1. The molecule has 0 aliphatic carbocycles. The van der Waals surface area contributed by atoms with Gasteiger partial charge in [-0.05, 0) is 68.5 Å². The Morgan fingerprint density at radius 2 is 1.86 bits per heavy atom. The van der Waals surface area contributed by atoms with E-state index in [9.17, 15) is 9.90 Å². The number of phenolic OH excluding ortho intramolecular Hbond substituents is 1. The second-order valence-corrected chi connectivity index (χ2v) is 7.63. The molecule has 7 heteroatoms. The minimum Gasteiger partial charge on any atom is -0.504 e. The van der Waals surface area contributed by atoms with E-state index in [1.54, 1.807) is 19.1 Å². The second-order valence-electron chi connectivity index (χ2n) is 6.84. The van der Waals surface area contributed by atoms with Gasteiger partial charge in [0.1, 0.15) is 11.4 Å². The quantitative estimate of drug-likeness (QED) is 0.353. The third-order valence-corrected chi connectivity index (χ3v) is 5.64. The molecule has 0 spiro atoms. The van der Waals surface area contributed by atoms with Gasteiger partial charge in [-0.1, -0.05) is 29.3 Å². The molecule has 0 bridgehead atoms. The maximum Gasteiger partial charge on any atom is 0.355 e. The van der Waals surface area contributed by atoms with E-state index in [0.29, 0.717) is 30.7 Å². The number of rotatable bonds is 7. The van der Waals surface area contributed by atoms with Gasteiger partial charge in [0.25, 0.3) is 0 Å². The highest BCUT2D eigenvalue weighted by atomic mass is 35.5. The molecule has 0 aliphatic rings. The zero-order valence-electron chi connectivity index (χ0n) is 16.6. The van der Waals surface area contributed by atoms with Crippen molar-refractivity contribution in [1.82, 2.24) is 4.98 Å². The van der Waals surface area contributed by atoms with Crippen LogP contribution in [0.15, 0.2) is 24.3 Å². The molecule has 0 saturated heterocycles. The molecule has 1 heterocycles. The zero-order valence-corrected chi connectivity index (χ0v) is 18.1. The van der Waals surface area contributed by atoms with E-state index in [4.69, 9.17) is 32.7 Å². The van der Waals surface area contributed by atoms with Crippen LogP contribution in [-0.4, -0.2) is 29.3 Å². The maximum absolute atomic E-state index is 12.4. The summed E-state index contributed by atoms with van der Waals surface area (Å²) in [7, 11) is 0. The molecule has 154 valence electrons. The third kappa shape index (κ3) is 4.46. The zero-order chi connectivity index (χ0) is 21.1. The highest BCUT2D eigenvalue weighted by molar-refractivity contribution is 6.33. The fourth-order valence-electron chi connectivity index (χ4n) is 3.34. The summed E-state index contributed by atoms with van der Waals surface area (Å²) >= 11 is 12.2. The number of hydrogen-bond acceptors (Lipinski definition) is 4. The summed E-state index contributed by atoms with van der Waals surface area (Å²) < 4.78 is 11.0. The van der Waals surface area contributed by atoms with Gasteiger partial charge in [0.15, 0.2) is 5.75 Å². The number of aromatic amines is 1. The molecule has 0 saturated carbocycles. The van der Waals surface area contributed by atoms with Crippen molar-refractivity contribution in [3.8, 4) is 11.5 Å². The number of esters is 1. The van der Waals surface area contributed by atoms with Crippen LogP contribution in [0, 0.1) is 13.8 Å². The number of ether oxygens (including phenoxy) is 2. The van der Waals surface area contributed by atoms with Crippen molar-refractivity contribution in [3.05, 3.63) is 56.7 Å². The average Bonchev–Trinajstić information content (AvgIpc) is 3.05. The number of benzene rings is 2. The molecule has 5 nitrogen and oxygen atoms in total. The van der Waals surface area contributed by atoms with Crippen molar-refractivity contribution in [2.75, 3.05) is 13.2 Å². The van der Waals surface area contributed by atoms with Crippen molar-refractivity contribution < 1.29 is 19.4 Å². The first kappa shape index (κ1) is 21.3. The molecule has 0 atom stereocenters. The summed E-state index contributed by atoms with van der Waals surface area (Å²) in [5.74, 6) is 0.224. The van der Waals surface area contributed by atoms with Crippen LogP contribution < -0.4 is 4.74 Å². The Hall–Kier alpha value is -2.37. The van der Waals surface area contributed by atoms with Crippen LogP contribution in [-0.2, 0) is 11.2 Å². The van der Waals surface area contributed by atoms with E-state index in [1.807, 2.05) is 26.0 Å². The minimum absolute atomic E-state index is 0.0793. The van der Waals surface area contributed by atoms with Gasteiger partial charge in [0.05, 0.1) is 23.8 Å². The monoisotopic (exact) mass is 435 g/mol. The highest BCUT2D eigenvalue weighted by Gasteiger charge is 2.21. The van der Waals surface area contributed by atoms with E-state index in [-0.39, 0.29) is 17.4 Å². The number of hydrogen-bond donors (Lipinski definition) is 2. The van der Waals surface area contributed by atoms with Gasteiger partial charge in [-0.3, -0.25) is 0 Å². The Bertz CT molecular complexity index is 1040. The molecule has 3 aromatic rings. The van der Waals surface area contributed by atoms with Crippen molar-refractivity contribution >= 4 is 40.1 Å². The third-order valence-electron chi connectivity index (χ3n) is 4.73. The van der Waals surface area contributed by atoms with Crippen LogP contribution in [0.3, 0.4) is 0 Å². The molecule has 2 aromatic carbocycles. The summed E-state index contributed by atoms with van der Waals surface area (Å²) in [6.07, 6.45) is 1.24. The SMILES string of the molecule is CCOC(=O)c1[nH]c2c(O)c(Cl)ccc2c1CCCOc1cc(C)c(Cl)c(C)c1. The number of nitrogens with one attached hydrogen (secondary N) is 1. The molecular weight excluding hydrogens is 413 g/mol. The first-order valence-electron chi connectivity index (χ1n) is 9.42. The largest absolute Gasteiger partial charge is 0.504 e. The number of H-pyrrole nitrogens is 1. The molecule has 29 heavy (non-hydrogen) atoms. The van der Waals surface area contributed by atoms with Gasteiger partial charge in [-0.15, -0.1) is 0 Å². The van der Waals surface area contributed by atoms with Crippen LogP contribution in [0.25, 0.3) is 10.9 Å². The fraction of sp³-hybridized carbons (Fsp3) is 0.318. The summed E-state index contributed by atoms with van der Waals surface area (Å²) in [5.41, 5.74) is 3.47. The normalized spacial score (nSPS) is 11.1. The first-order chi connectivity index (χ1) is 13.8. The van der Waals surface area contributed by atoms with Crippen LogP contribution >= 0.6 is 23.2 Å². The van der Waals surface area contributed by atoms with E-state index in [2.05, 4.69) is 4.98 Å². The van der Waals surface area contributed by atoms with Gasteiger partial charge < -0.3 is 19.6 Å². The lowest BCUT2D eigenvalue weighted by molar-refractivity contribution is 0.0519. The number of aromatic hydroxyl groups is 1. The van der Waals surface area contributed by atoms with Crippen LogP contribution in [0.2, 0.25) is 10.0 Å². The fourth-order valence-corrected chi connectivity index (χ4v) is 3.61. The summed E-state index contributed by atoms with van der Waals surface area (Å²) in [6.45, 7) is 6.36. The molecule has 0 amide bonds. The van der Waals surface area contributed by atoms with E-state index < -0.39 is 5.97 Å². The van der Waals surface area contributed by atoms with E-state index in [0.717, 1.165) is 32.8 Å². The number of phenols is 1. The lowest BCUT2D eigenvalue weighted by Gasteiger charge is -2.10. The predicted molar refractivity (Wildman–Crippen MR) is 116 cm³/mol. The molecule has 0 aliphatic heterocycles. The lowest BCUT2D eigenvalue weighted by atomic mass is 10.1. The predicted octanol–water partition coefficient (Wildman–Crippen LogP) is 5.99. The number of aryl methyl sites for hydroxylation is 3. The summed E-state index contributed by atoms with van der Waals surface area (Å²) in [5, 5.41) is 12.0. The Morgan fingerprint density at radius 3 is 2.52 bits per heavy atom. The summed E-state index contributed by atoms with van der Waals surface area (Å²) in [4.78, 5) is 15.4. The highest BCUT2D eigenvalue weighted by Crippen LogP contribution is 2.35. The molecule has 0 radical (unpaired) electrons. The Labute approximate surface area is 179 Å². The van der Waals surface area contributed by atoms with Crippen molar-refractivity contribution in [3.63, 3.8) is 0 Å². The standard InChI is InChI=1S/C22H23Cl2NO4/c1-4-28-22(27)20-15(16-7-8-17(23)21(26)19(16)25-20)6-5-9-29-14-10-12(2)18(24)13(3)11-14/h7-8,10-11,25-26H,4-6,9H2,1-3H3. The Morgan fingerprint density at radius 1 is 1.17 bits per heavy atom. The molecule has 1 aromatic heterocycles. The number of carbonyl (C=O) groups excluding carboxylic acids is 1.